The van der Waals surface area contributed by atoms with Gasteiger partial charge in [0.25, 0.3) is 0 Å². The summed E-state index contributed by atoms with van der Waals surface area (Å²) < 4.78 is 2.77. The van der Waals surface area contributed by atoms with E-state index < -0.39 is 0 Å². The number of aliphatic hydroxyl groups is 1. The van der Waals surface area contributed by atoms with Crippen LogP contribution in [0.25, 0.3) is 31.4 Å². The third kappa shape index (κ3) is 5.02. The number of aromatic nitrogens is 1. The number of carbonyl (C=O) groups excluding carboxylic acids is 1. The summed E-state index contributed by atoms with van der Waals surface area (Å²) in [4.78, 5) is 14.8. The topological polar surface area (TPSA) is 50.2 Å². The number of thiophene rings is 1. The van der Waals surface area contributed by atoms with E-state index in [1.165, 1.54) is 82.5 Å². The first kappa shape index (κ1) is 26.3. The summed E-state index contributed by atoms with van der Waals surface area (Å²) in [5, 5.41) is 11.2. The fraction of sp³-hybridized carbons (Fsp3) is 0.310. The molecule has 4 aromatic rings. The van der Waals surface area contributed by atoms with Crippen molar-refractivity contribution in [1.82, 2.24) is 4.98 Å². The van der Waals surface area contributed by atoms with E-state index in [9.17, 15) is 4.79 Å². The molecule has 3 nitrogen and oxygen atoms in total. The molecular formula is C29H30IrNO2S-. The fourth-order valence-corrected chi connectivity index (χ4v) is 6.31. The summed E-state index contributed by atoms with van der Waals surface area (Å²) in [5.74, 6) is -0.0625. The van der Waals surface area contributed by atoms with Crippen LogP contribution in [0.15, 0.2) is 42.3 Å². The minimum Gasteiger partial charge on any atom is -0.512 e. The molecule has 5 heteroatoms. The van der Waals surface area contributed by atoms with Gasteiger partial charge in [-0.2, -0.15) is 0 Å². The molecule has 0 amide bonds. The van der Waals surface area contributed by atoms with E-state index in [1.807, 2.05) is 29.7 Å². The minimum atomic E-state index is -0.125. The van der Waals surface area contributed by atoms with Gasteiger partial charge in [0.15, 0.2) is 5.78 Å². The molecule has 0 atom stereocenters. The molecule has 2 aromatic carbocycles. The average molecular weight is 649 g/mol. The summed E-state index contributed by atoms with van der Waals surface area (Å²) >= 11 is 1.92. The number of rotatable bonds is 2. The summed E-state index contributed by atoms with van der Waals surface area (Å²) in [6.07, 6.45) is 8.26. The van der Waals surface area contributed by atoms with Gasteiger partial charge < -0.3 is 10.1 Å². The zero-order valence-corrected chi connectivity index (χ0v) is 23.5. The van der Waals surface area contributed by atoms with Crippen molar-refractivity contribution >= 4 is 37.3 Å². The molecule has 1 N–H and O–H groups in total. The van der Waals surface area contributed by atoms with Crippen LogP contribution in [-0.4, -0.2) is 15.9 Å². The molecule has 0 unspecified atom stereocenters. The number of hydrogen-bond donors (Lipinski definition) is 1. The largest absolute Gasteiger partial charge is 0.512 e. The molecule has 2 heterocycles. The molecular weight excluding hydrogens is 619 g/mol. The monoisotopic (exact) mass is 649 g/mol. The predicted octanol–water partition coefficient (Wildman–Crippen LogP) is 7.76. The van der Waals surface area contributed by atoms with Crippen molar-refractivity contribution in [2.24, 2.45) is 0 Å². The van der Waals surface area contributed by atoms with Gasteiger partial charge in [0.1, 0.15) is 0 Å². The van der Waals surface area contributed by atoms with Crippen molar-refractivity contribution in [2.75, 3.05) is 0 Å². The quantitative estimate of drug-likeness (QED) is 0.137. The molecule has 0 fully saturated rings. The van der Waals surface area contributed by atoms with Crippen LogP contribution in [0.4, 0.5) is 0 Å². The summed E-state index contributed by atoms with van der Waals surface area (Å²) in [6.45, 7) is 9.66. The molecule has 1 radical (unpaired) electrons. The number of aryl methyl sites for hydroxylation is 3. The number of pyridine rings is 1. The SMILES string of the molecule is CC(=O)/C=C(/C)O.Cc1ccc[c-]c1-c1nccc2c1sc1c(C)c3c(c(C)c12)CCCC3.[Ir]. The maximum atomic E-state index is 10.0. The number of benzene rings is 2. The van der Waals surface area contributed by atoms with Crippen molar-refractivity contribution in [1.29, 1.82) is 0 Å². The van der Waals surface area contributed by atoms with E-state index in [-0.39, 0.29) is 31.6 Å². The molecule has 1 aliphatic rings. The Hall–Kier alpha value is -2.33. The van der Waals surface area contributed by atoms with Crippen LogP contribution in [-0.2, 0) is 37.7 Å². The second-order valence-corrected chi connectivity index (χ2v) is 9.90. The van der Waals surface area contributed by atoms with Gasteiger partial charge in [0.05, 0.1) is 5.76 Å². The van der Waals surface area contributed by atoms with E-state index in [2.05, 4.69) is 39.0 Å². The second-order valence-electron chi connectivity index (χ2n) is 8.88. The van der Waals surface area contributed by atoms with Crippen LogP contribution in [0.3, 0.4) is 0 Å². The Morgan fingerprint density at radius 2 is 1.74 bits per heavy atom. The van der Waals surface area contributed by atoms with Gasteiger partial charge in [0.2, 0.25) is 0 Å². The van der Waals surface area contributed by atoms with Gasteiger partial charge in [-0.1, -0.05) is 6.92 Å². The normalized spacial score (nSPS) is 13.1. The Kier molecular flexibility index (Phi) is 8.46. The maximum Gasteiger partial charge on any atom is 0.155 e. The number of carbonyl (C=O) groups is 1. The zero-order chi connectivity index (χ0) is 23.7. The number of allylic oxidation sites excluding steroid dienone is 2. The van der Waals surface area contributed by atoms with Crippen LogP contribution < -0.4 is 0 Å². The molecule has 2 aromatic heterocycles. The van der Waals surface area contributed by atoms with Crippen molar-refractivity contribution < 1.29 is 30.0 Å². The minimum absolute atomic E-state index is 0. The van der Waals surface area contributed by atoms with Gasteiger partial charge >= 0.3 is 0 Å². The Morgan fingerprint density at radius 1 is 1.06 bits per heavy atom. The molecule has 34 heavy (non-hydrogen) atoms. The first-order valence-electron chi connectivity index (χ1n) is 11.5. The number of hydrogen-bond acceptors (Lipinski definition) is 4. The van der Waals surface area contributed by atoms with Gasteiger partial charge in [-0.3, -0.25) is 4.79 Å². The smallest absolute Gasteiger partial charge is 0.155 e. The first-order chi connectivity index (χ1) is 15.8. The van der Waals surface area contributed by atoms with Gasteiger partial charge in [-0.25, -0.2) is 0 Å². The van der Waals surface area contributed by atoms with E-state index in [0.717, 1.165) is 11.3 Å². The average Bonchev–Trinajstić information content (AvgIpc) is 3.18. The molecule has 1 aliphatic carbocycles. The number of ketones is 1. The number of nitrogens with zero attached hydrogens (tertiary/aromatic N) is 1. The van der Waals surface area contributed by atoms with Crippen molar-refractivity contribution in [3.63, 3.8) is 0 Å². The van der Waals surface area contributed by atoms with E-state index in [0.29, 0.717) is 0 Å². The Labute approximate surface area is 219 Å². The number of aliphatic hydroxyl groups excluding tert-OH is 1. The maximum absolute atomic E-state index is 10.0. The molecule has 5 rings (SSSR count). The Morgan fingerprint density at radius 3 is 2.32 bits per heavy atom. The van der Waals surface area contributed by atoms with Crippen LogP contribution >= 0.6 is 11.3 Å². The standard InChI is InChI=1S/C24H22NS.C5H8O2.Ir/c1-14-8-4-5-9-17(14)22-24-20(12-13-25-22)21-15(2)18-10-6-7-11-19(18)16(3)23(21)26-24;1-4(6)3-5(2)7;/h4-5,8,12-13H,6-7,10-11H2,1-3H3;3,6H,1-2H3;/q-1;;/b;4-3-;. The van der Waals surface area contributed by atoms with Crippen LogP contribution in [0.1, 0.15) is 54.5 Å². The Balaban J connectivity index is 0.000000357. The number of fused-ring (bicyclic) bond motifs is 4. The summed E-state index contributed by atoms with van der Waals surface area (Å²) in [7, 11) is 0. The van der Waals surface area contributed by atoms with Crippen LogP contribution in [0.2, 0.25) is 0 Å². The molecule has 0 bridgehead atoms. The third-order valence-electron chi connectivity index (χ3n) is 6.41. The zero-order valence-electron chi connectivity index (χ0n) is 20.3. The van der Waals surface area contributed by atoms with Gasteiger partial charge in [-0.15, -0.1) is 46.7 Å². The van der Waals surface area contributed by atoms with E-state index >= 15 is 0 Å². The summed E-state index contributed by atoms with van der Waals surface area (Å²) in [5.41, 5.74) is 9.67. The molecule has 0 aliphatic heterocycles. The van der Waals surface area contributed by atoms with Crippen molar-refractivity contribution in [3.05, 3.63) is 76.2 Å². The molecule has 0 spiro atoms. The summed E-state index contributed by atoms with van der Waals surface area (Å²) in [6, 6.07) is 11.8. The third-order valence-corrected chi connectivity index (χ3v) is 7.74. The van der Waals surface area contributed by atoms with Crippen molar-refractivity contribution in [3.8, 4) is 11.3 Å². The predicted molar refractivity (Wildman–Crippen MR) is 139 cm³/mol. The molecule has 0 saturated carbocycles. The van der Waals surface area contributed by atoms with Gasteiger partial charge in [0, 0.05) is 52.9 Å². The van der Waals surface area contributed by atoms with Crippen LogP contribution in [0.5, 0.6) is 0 Å². The van der Waals surface area contributed by atoms with Crippen molar-refractivity contribution in [2.45, 2.75) is 60.3 Å². The Bertz CT molecular complexity index is 1400. The van der Waals surface area contributed by atoms with E-state index in [1.54, 1.807) is 11.1 Å². The first-order valence-corrected chi connectivity index (χ1v) is 12.3. The molecule has 0 saturated heterocycles. The fourth-order valence-electron chi connectivity index (χ4n) is 4.93. The van der Waals surface area contributed by atoms with Crippen LogP contribution in [0, 0.1) is 26.8 Å². The molecule has 179 valence electrons. The van der Waals surface area contributed by atoms with E-state index in [4.69, 9.17) is 10.1 Å². The second kappa shape index (κ2) is 10.9. The van der Waals surface area contributed by atoms with Gasteiger partial charge in [-0.05, 0) is 87.1 Å².